The number of hydrogen-bond donors (Lipinski definition) is 0. The van der Waals surface area contributed by atoms with Crippen molar-refractivity contribution in [1.29, 1.82) is 0 Å². The minimum Gasteiger partial charge on any atom is -0.361 e. The van der Waals surface area contributed by atoms with E-state index in [1.165, 1.54) is 5.57 Å². The molecule has 2 nitrogen and oxygen atoms in total. The van der Waals surface area contributed by atoms with E-state index in [-0.39, 0.29) is 0 Å². The van der Waals surface area contributed by atoms with Crippen molar-refractivity contribution in [3.8, 4) is 0 Å². The van der Waals surface area contributed by atoms with Gasteiger partial charge in [-0.15, -0.1) is 0 Å². The highest BCUT2D eigenvalue weighted by Crippen LogP contribution is 2.23. The Morgan fingerprint density at radius 2 is 2.17 bits per heavy atom. The van der Waals surface area contributed by atoms with Gasteiger partial charge in [0.25, 0.3) is 0 Å². The van der Waals surface area contributed by atoms with Crippen molar-refractivity contribution >= 4 is 5.71 Å². The van der Waals surface area contributed by atoms with Crippen LogP contribution in [0.5, 0.6) is 0 Å². The van der Waals surface area contributed by atoms with Crippen LogP contribution in [0, 0.1) is 0 Å². The Labute approximate surface area is 70.8 Å². The van der Waals surface area contributed by atoms with Gasteiger partial charge in [-0.1, -0.05) is 24.3 Å². The SMILES string of the molecule is [N-]=[N+]=C1C=CC=C2CC=CC=C21. The van der Waals surface area contributed by atoms with Crippen molar-refractivity contribution in [2.24, 2.45) is 0 Å². The molecule has 0 unspecified atom stereocenters. The van der Waals surface area contributed by atoms with E-state index in [1.807, 2.05) is 24.3 Å². The summed E-state index contributed by atoms with van der Waals surface area (Å²) in [7, 11) is 0. The van der Waals surface area contributed by atoms with Crippen LogP contribution >= 0.6 is 0 Å². The zero-order valence-corrected chi connectivity index (χ0v) is 6.57. The predicted molar refractivity (Wildman–Crippen MR) is 47.7 cm³/mol. The van der Waals surface area contributed by atoms with Crippen molar-refractivity contribution in [2.75, 3.05) is 0 Å². The molecule has 0 aromatic carbocycles. The molecule has 2 aliphatic carbocycles. The lowest BCUT2D eigenvalue weighted by molar-refractivity contribution is -0.00239. The molecule has 2 aliphatic rings. The molecule has 2 rings (SSSR count). The second-order valence-corrected chi connectivity index (χ2v) is 2.75. The monoisotopic (exact) mass is 156 g/mol. The summed E-state index contributed by atoms with van der Waals surface area (Å²) >= 11 is 0. The summed E-state index contributed by atoms with van der Waals surface area (Å²) in [5.74, 6) is 0. The molecule has 0 atom stereocenters. The summed E-state index contributed by atoms with van der Waals surface area (Å²) in [6, 6.07) is 0. The lowest BCUT2D eigenvalue weighted by Crippen LogP contribution is -2.08. The van der Waals surface area contributed by atoms with E-state index in [9.17, 15) is 0 Å². The smallest absolute Gasteiger partial charge is 0.322 e. The zero-order chi connectivity index (χ0) is 8.39. The first-order valence-electron chi connectivity index (χ1n) is 3.88. The van der Waals surface area contributed by atoms with Gasteiger partial charge in [-0.2, -0.15) is 4.79 Å². The second-order valence-electron chi connectivity index (χ2n) is 2.75. The lowest BCUT2D eigenvalue weighted by Gasteiger charge is -2.10. The summed E-state index contributed by atoms with van der Waals surface area (Å²) < 4.78 is 0. The van der Waals surface area contributed by atoms with Crippen LogP contribution in [0.3, 0.4) is 0 Å². The average Bonchev–Trinajstić information content (AvgIpc) is 2.17. The normalized spacial score (nSPS) is 19.5. The summed E-state index contributed by atoms with van der Waals surface area (Å²) in [6.45, 7) is 0. The van der Waals surface area contributed by atoms with Crippen LogP contribution in [-0.2, 0) is 0 Å². The Bertz CT molecular complexity index is 375. The molecular weight excluding hydrogens is 148 g/mol. The van der Waals surface area contributed by atoms with Gasteiger partial charge in [-0.25, -0.2) is 0 Å². The van der Waals surface area contributed by atoms with Crippen molar-refractivity contribution in [3.05, 3.63) is 53.1 Å². The average molecular weight is 156 g/mol. The quantitative estimate of drug-likeness (QED) is 0.380. The van der Waals surface area contributed by atoms with Crippen LogP contribution in [0.2, 0.25) is 0 Å². The molecule has 0 bridgehead atoms. The largest absolute Gasteiger partial charge is 0.361 e. The van der Waals surface area contributed by atoms with E-state index in [2.05, 4.69) is 10.9 Å². The van der Waals surface area contributed by atoms with Crippen molar-refractivity contribution in [2.45, 2.75) is 6.42 Å². The number of hydrogen-bond acceptors (Lipinski definition) is 0. The third kappa shape index (κ3) is 0.987. The molecule has 58 valence electrons. The van der Waals surface area contributed by atoms with E-state index in [0.717, 1.165) is 12.0 Å². The molecule has 0 fully saturated rings. The highest BCUT2D eigenvalue weighted by molar-refractivity contribution is 6.09. The number of nitrogens with zero attached hydrogens (tertiary/aromatic N) is 2. The van der Waals surface area contributed by atoms with E-state index in [4.69, 9.17) is 5.53 Å². The van der Waals surface area contributed by atoms with E-state index in [1.54, 1.807) is 6.08 Å². The fourth-order valence-corrected chi connectivity index (χ4v) is 1.42. The van der Waals surface area contributed by atoms with Gasteiger partial charge in [0, 0.05) is 6.08 Å². The van der Waals surface area contributed by atoms with Crippen molar-refractivity contribution in [3.63, 3.8) is 0 Å². The van der Waals surface area contributed by atoms with Gasteiger partial charge >= 0.3 is 5.71 Å². The van der Waals surface area contributed by atoms with Gasteiger partial charge in [0.15, 0.2) is 0 Å². The molecule has 0 aliphatic heterocycles. The maximum absolute atomic E-state index is 8.67. The van der Waals surface area contributed by atoms with Gasteiger partial charge in [0.2, 0.25) is 0 Å². The number of rotatable bonds is 0. The van der Waals surface area contributed by atoms with Gasteiger partial charge in [0.05, 0.1) is 5.57 Å². The van der Waals surface area contributed by atoms with Gasteiger partial charge in [-0.05, 0) is 18.1 Å². The Balaban J connectivity index is 2.55. The molecule has 0 radical (unpaired) electrons. The third-order valence-electron chi connectivity index (χ3n) is 2.02. The second kappa shape index (κ2) is 2.76. The highest BCUT2D eigenvalue weighted by Gasteiger charge is 2.19. The fraction of sp³-hybridized carbons (Fsp3) is 0.100. The standard InChI is InChI=1S/C10H8N2/c11-12-10-7-3-5-8-4-1-2-6-9(8)10/h1-3,5-7H,4H2. The van der Waals surface area contributed by atoms with Gasteiger partial charge < -0.3 is 5.53 Å². The summed E-state index contributed by atoms with van der Waals surface area (Å²) in [6.07, 6.45) is 12.7. The summed E-state index contributed by atoms with van der Waals surface area (Å²) in [4.78, 5) is 3.22. The summed E-state index contributed by atoms with van der Waals surface area (Å²) in [5.41, 5.74) is 11.6. The molecule has 0 heterocycles. The minimum absolute atomic E-state index is 0.650. The van der Waals surface area contributed by atoms with Crippen LogP contribution in [0.4, 0.5) is 0 Å². The van der Waals surface area contributed by atoms with Crippen LogP contribution in [0.15, 0.2) is 47.6 Å². The van der Waals surface area contributed by atoms with Crippen molar-refractivity contribution < 1.29 is 4.79 Å². The first kappa shape index (κ1) is 7.01. The minimum atomic E-state index is 0.650. The summed E-state index contributed by atoms with van der Waals surface area (Å²) in [5, 5.41) is 0. The first-order valence-corrected chi connectivity index (χ1v) is 3.88. The lowest BCUT2D eigenvalue weighted by atomic mass is 9.91. The molecule has 0 saturated heterocycles. The van der Waals surface area contributed by atoms with E-state index < -0.39 is 0 Å². The third-order valence-corrected chi connectivity index (χ3v) is 2.02. The van der Waals surface area contributed by atoms with E-state index in [0.29, 0.717) is 5.71 Å². The number of fused-ring (bicyclic) bond motifs is 1. The van der Waals surface area contributed by atoms with E-state index >= 15 is 0 Å². The maximum atomic E-state index is 8.67. The van der Waals surface area contributed by atoms with Gasteiger partial charge in [-0.3, -0.25) is 0 Å². The Morgan fingerprint density at radius 1 is 1.25 bits per heavy atom. The predicted octanol–water partition coefficient (Wildman–Crippen LogP) is 2.04. The molecule has 0 aromatic rings. The van der Waals surface area contributed by atoms with Crippen LogP contribution < -0.4 is 0 Å². The Morgan fingerprint density at radius 3 is 3.00 bits per heavy atom. The zero-order valence-electron chi connectivity index (χ0n) is 6.57. The maximum Gasteiger partial charge on any atom is 0.322 e. The van der Waals surface area contributed by atoms with Crippen LogP contribution in [0.1, 0.15) is 6.42 Å². The van der Waals surface area contributed by atoms with Crippen LogP contribution in [-0.4, -0.2) is 10.5 Å². The molecule has 12 heavy (non-hydrogen) atoms. The topological polar surface area (TPSA) is 36.4 Å². The molecule has 0 spiro atoms. The molecule has 0 aromatic heterocycles. The molecule has 0 amide bonds. The molecule has 0 saturated carbocycles. The fourth-order valence-electron chi connectivity index (χ4n) is 1.42. The highest BCUT2D eigenvalue weighted by atomic mass is 14.9. The first-order chi connectivity index (χ1) is 5.92. The molecular formula is C10H8N2. The molecule has 2 heteroatoms. The van der Waals surface area contributed by atoms with Gasteiger partial charge in [0.1, 0.15) is 0 Å². The van der Waals surface area contributed by atoms with Crippen molar-refractivity contribution in [1.82, 2.24) is 0 Å². The Kier molecular flexibility index (Phi) is 1.61. The number of allylic oxidation sites excluding steroid dienone is 8. The molecule has 0 N–H and O–H groups in total. The van der Waals surface area contributed by atoms with Crippen LogP contribution in [0.25, 0.3) is 5.53 Å². The Hall–Kier alpha value is -1.66.